The smallest absolute Gasteiger partial charge is 0.257 e. The van der Waals surface area contributed by atoms with Crippen LogP contribution in [0.15, 0.2) is 53.6 Å². The second-order valence-electron chi connectivity index (χ2n) is 8.07. The Morgan fingerprint density at radius 3 is 2.28 bits per heavy atom. The SMILES string of the molecule is COc1ccc([C@@H]2CC(c3ccc(F)cc3)=NN2C(=O)CN2CCN(C(C)=O)CC2)cc1. The number of hydrazone groups is 1. The van der Waals surface area contributed by atoms with Crippen LogP contribution >= 0.6 is 0 Å². The summed E-state index contributed by atoms with van der Waals surface area (Å²) in [5, 5.41) is 6.21. The number of carbonyl (C=O) groups excluding carboxylic acids is 2. The van der Waals surface area contributed by atoms with Gasteiger partial charge in [-0.1, -0.05) is 24.3 Å². The normalized spacial score (nSPS) is 19.1. The Hall–Kier alpha value is -3.26. The zero-order chi connectivity index (χ0) is 22.7. The number of methoxy groups -OCH3 is 1. The summed E-state index contributed by atoms with van der Waals surface area (Å²) in [6.45, 7) is 4.35. The minimum atomic E-state index is -0.309. The van der Waals surface area contributed by atoms with Crippen molar-refractivity contribution in [3.63, 3.8) is 0 Å². The quantitative estimate of drug-likeness (QED) is 0.720. The number of rotatable bonds is 5. The first-order valence-electron chi connectivity index (χ1n) is 10.7. The van der Waals surface area contributed by atoms with Gasteiger partial charge >= 0.3 is 0 Å². The number of nitrogens with zero attached hydrogens (tertiary/aromatic N) is 4. The molecule has 0 aliphatic carbocycles. The van der Waals surface area contributed by atoms with Crippen molar-refractivity contribution in [2.45, 2.75) is 19.4 Å². The molecule has 2 aliphatic rings. The molecule has 168 valence electrons. The molecule has 0 saturated carbocycles. The third-order valence-corrected chi connectivity index (χ3v) is 6.02. The lowest BCUT2D eigenvalue weighted by atomic mass is 9.98. The summed E-state index contributed by atoms with van der Waals surface area (Å²) in [5.74, 6) is 0.396. The third-order valence-electron chi connectivity index (χ3n) is 6.02. The number of benzene rings is 2. The Morgan fingerprint density at radius 1 is 1.03 bits per heavy atom. The van der Waals surface area contributed by atoms with Crippen molar-refractivity contribution in [3.8, 4) is 5.75 Å². The number of amides is 2. The van der Waals surface area contributed by atoms with Crippen molar-refractivity contribution in [1.82, 2.24) is 14.8 Å². The van der Waals surface area contributed by atoms with Crippen LogP contribution in [-0.4, -0.2) is 72.2 Å². The van der Waals surface area contributed by atoms with Crippen LogP contribution in [0.1, 0.15) is 30.5 Å². The monoisotopic (exact) mass is 438 g/mol. The number of piperazine rings is 1. The molecule has 2 amide bonds. The third kappa shape index (κ3) is 4.80. The molecule has 2 heterocycles. The van der Waals surface area contributed by atoms with Crippen LogP contribution in [0.3, 0.4) is 0 Å². The van der Waals surface area contributed by atoms with Gasteiger partial charge in [-0.3, -0.25) is 14.5 Å². The topological polar surface area (TPSA) is 65.5 Å². The lowest BCUT2D eigenvalue weighted by Crippen LogP contribution is -2.50. The zero-order valence-electron chi connectivity index (χ0n) is 18.3. The summed E-state index contributed by atoms with van der Waals surface area (Å²) < 4.78 is 18.6. The summed E-state index contributed by atoms with van der Waals surface area (Å²) in [6.07, 6.45) is 0.543. The molecule has 2 aliphatic heterocycles. The Bertz CT molecular complexity index is 999. The van der Waals surface area contributed by atoms with Gasteiger partial charge in [0.15, 0.2) is 0 Å². The van der Waals surface area contributed by atoms with E-state index in [9.17, 15) is 14.0 Å². The average molecular weight is 439 g/mol. The van der Waals surface area contributed by atoms with Crippen LogP contribution in [-0.2, 0) is 9.59 Å². The number of carbonyl (C=O) groups is 2. The van der Waals surface area contributed by atoms with E-state index in [4.69, 9.17) is 4.74 Å². The molecule has 0 radical (unpaired) electrons. The van der Waals surface area contributed by atoms with Gasteiger partial charge in [-0.05, 0) is 35.4 Å². The molecule has 4 rings (SSSR count). The molecule has 7 nitrogen and oxygen atoms in total. The predicted octanol–water partition coefficient (Wildman–Crippen LogP) is 2.68. The van der Waals surface area contributed by atoms with Crippen molar-refractivity contribution >= 4 is 17.5 Å². The van der Waals surface area contributed by atoms with Crippen molar-refractivity contribution in [3.05, 3.63) is 65.5 Å². The molecule has 8 heteroatoms. The highest BCUT2D eigenvalue weighted by atomic mass is 19.1. The maximum absolute atomic E-state index is 13.4. The Kier molecular flexibility index (Phi) is 6.50. The zero-order valence-corrected chi connectivity index (χ0v) is 18.3. The van der Waals surface area contributed by atoms with Gasteiger partial charge < -0.3 is 9.64 Å². The molecule has 1 fully saturated rings. The minimum Gasteiger partial charge on any atom is -0.497 e. The largest absolute Gasteiger partial charge is 0.497 e. The summed E-state index contributed by atoms with van der Waals surface area (Å²) in [5.41, 5.74) is 2.51. The lowest BCUT2D eigenvalue weighted by Gasteiger charge is -2.34. The van der Waals surface area contributed by atoms with Crippen LogP contribution in [0.4, 0.5) is 4.39 Å². The standard InChI is InChI=1S/C24H27FN4O3/c1-17(30)28-13-11-27(12-14-28)16-24(31)29-23(19-5-9-21(32-2)10-6-19)15-22(26-29)18-3-7-20(25)8-4-18/h3-10,23H,11-16H2,1-2H3/t23-/m0/s1. The van der Waals surface area contributed by atoms with E-state index < -0.39 is 0 Å². The van der Waals surface area contributed by atoms with Crippen LogP contribution in [0.5, 0.6) is 5.75 Å². The highest BCUT2D eigenvalue weighted by Gasteiger charge is 2.34. The fraction of sp³-hybridized carbons (Fsp3) is 0.375. The van der Waals surface area contributed by atoms with E-state index in [1.165, 1.54) is 12.1 Å². The maximum atomic E-state index is 13.4. The van der Waals surface area contributed by atoms with E-state index in [0.717, 1.165) is 22.6 Å². The molecule has 2 aromatic carbocycles. The Balaban J connectivity index is 1.53. The Morgan fingerprint density at radius 2 is 1.69 bits per heavy atom. The predicted molar refractivity (Wildman–Crippen MR) is 119 cm³/mol. The summed E-state index contributed by atoms with van der Waals surface area (Å²) in [4.78, 5) is 28.7. The van der Waals surface area contributed by atoms with Crippen molar-refractivity contribution in [1.29, 1.82) is 0 Å². The van der Waals surface area contributed by atoms with Gasteiger partial charge in [0.25, 0.3) is 5.91 Å². The molecule has 0 N–H and O–H groups in total. The van der Waals surface area contributed by atoms with Gasteiger partial charge in [0.05, 0.1) is 25.4 Å². The van der Waals surface area contributed by atoms with E-state index >= 15 is 0 Å². The molecule has 1 atom stereocenters. The van der Waals surface area contributed by atoms with E-state index in [1.54, 1.807) is 36.1 Å². The number of hydrogen-bond acceptors (Lipinski definition) is 5. The molecular formula is C24H27FN4O3. The van der Waals surface area contributed by atoms with Crippen molar-refractivity contribution < 1.29 is 18.7 Å². The fourth-order valence-corrected chi connectivity index (χ4v) is 4.13. The highest BCUT2D eigenvalue weighted by Crippen LogP contribution is 2.33. The molecule has 0 bridgehead atoms. The first-order valence-corrected chi connectivity index (χ1v) is 10.7. The van der Waals surface area contributed by atoms with Gasteiger partial charge in [0.2, 0.25) is 5.91 Å². The van der Waals surface area contributed by atoms with Crippen LogP contribution in [0, 0.1) is 5.82 Å². The van der Waals surface area contributed by atoms with Crippen LogP contribution in [0.25, 0.3) is 0 Å². The summed E-state index contributed by atoms with van der Waals surface area (Å²) in [7, 11) is 1.61. The highest BCUT2D eigenvalue weighted by molar-refractivity contribution is 6.03. The Labute approximate surface area is 187 Å². The average Bonchev–Trinajstić information content (AvgIpc) is 3.25. The van der Waals surface area contributed by atoms with Crippen LogP contribution in [0.2, 0.25) is 0 Å². The van der Waals surface area contributed by atoms with Gasteiger partial charge in [-0.15, -0.1) is 0 Å². The van der Waals surface area contributed by atoms with E-state index in [-0.39, 0.29) is 30.2 Å². The van der Waals surface area contributed by atoms with E-state index in [0.29, 0.717) is 32.6 Å². The molecule has 0 aromatic heterocycles. The number of hydrogen-bond donors (Lipinski definition) is 0. The van der Waals surface area contributed by atoms with Crippen molar-refractivity contribution in [2.75, 3.05) is 39.8 Å². The molecular weight excluding hydrogens is 411 g/mol. The fourth-order valence-electron chi connectivity index (χ4n) is 4.13. The molecule has 32 heavy (non-hydrogen) atoms. The number of halogens is 1. The summed E-state index contributed by atoms with van der Waals surface area (Å²) >= 11 is 0. The van der Waals surface area contributed by atoms with Gasteiger partial charge in [0, 0.05) is 39.5 Å². The second-order valence-corrected chi connectivity index (χ2v) is 8.07. The second kappa shape index (κ2) is 9.48. The first-order chi connectivity index (χ1) is 15.4. The van der Waals surface area contributed by atoms with Gasteiger partial charge in [-0.2, -0.15) is 5.10 Å². The molecule has 2 aromatic rings. The lowest BCUT2D eigenvalue weighted by molar-refractivity contribution is -0.135. The molecule has 0 unspecified atom stereocenters. The van der Waals surface area contributed by atoms with E-state index in [1.807, 2.05) is 24.3 Å². The number of ether oxygens (including phenoxy) is 1. The maximum Gasteiger partial charge on any atom is 0.257 e. The van der Waals surface area contributed by atoms with Gasteiger partial charge in [-0.25, -0.2) is 9.40 Å². The van der Waals surface area contributed by atoms with Gasteiger partial charge in [0.1, 0.15) is 11.6 Å². The molecule has 0 spiro atoms. The van der Waals surface area contributed by atoms with Crippen LogP contribution < -0.4 is 4.74 Å². The minimum absolute atomic E-state index is 0.0589. The van der Waals surface area contributed by atoms with Crippen molar-refractivity contribution in [2.24, 2.45) is 5.10 Å². The van der Waals surface area contributed by atoms with E-state index in [2.05, 4.69) is 10.0 Å². The molecule has 1 saturated heterocycles. The summed E-state index contributed by atoms with van der Waals surface area (Å²) in [6, 6.07) is 13.6. The first kappa shape index (κ1) is 22.0.